The van der Waals surface area contributed by atoms with E-state index in [-0.39, 0.29) is 5.91 Å². The monoisotopic (exact) mass is 359 g/mol. The summed E-state index contributed by atoms with van der Waals surface area (Å²) < 4.78 is 5.42. The molecule has 2 aliphatic rings. The van der Waals surface area contributed by atoms with E-state index in [1.165, 1.54) is 31.4 Å². The number of carbonyl (C=O) groups excluding carboxylic acids is 1. The summed E-state index contributed by atoms with van der Waals surface area (Å²) in [7, 11) is 1.91. The lowest BCUT2D eigenvalue weighted by molar-refractivity contribution is -0.132. The summed E-state index contributed by atoms with van der Waals surface area (Å²) in [6.07, 6.45) is 3.73. The largest absolute Gasteiger partial charge is 0.379 e. The van der Waals surface area contributed by atoms with Crippen LogP contribution in [-0.4, -0.2) is 80.1 Å². The smallest absolute Gasteiger partial charge is 0.236 e. The van der Waals surface area contributed by atoms with Gasteiger partial charge in [0.2, 0.25) is 5.91 Å². The topological polar surface area (TPSA) is 36.0 Å². The molecule has 0 spiro atoms. The first-order chi connectivity index (χ1) is 12.7. The van der Waals surface area contributed by atoms with E-state index in [0.717, 1.165) is 45.3 Å². The van der Waals surface area contributed by atoms with Gasteiger partial charge in [0.25, 0.3) is 0 Å². The zero-order valence-corrected chi connectivity index (χ0v) is 16.1. The lowest BCUT2D eigenvalue weighted by Gasteiger charge is -2.34. The molecule has 0 radical (unpaired) electrons. The highest BCUT2D eigenvalue weighted by Gasteiger charge is 2.23. The van der Waals surface area contributed by atoms with Gasteiger partial charge in [0.1, 0.15) is 0 Å². The van der Waals surface area contributed by atoms with Gasteiger partial charge in [-0.2, -0.15) is 0 Å². The number of morpholine rings is 1. The minimum absolute atomic E-state index is 0.223. The molecule has 1 aromatic carbocycles. The van der Waals surface area contributed by atoms with E-state index in [1.807, 2.05) is 30.1 Å². The first-order valence-corrected chi connectivity index (χ1v) is 10.0. The van der Waals surface area contributed by atoms with E-state index in [9.17, 15) is 4.79 Å². The summed E-state index contributed by atoms with van der Waals surface area (Å²) in [5, 5.41) is 0. The third-order valence-corrected chi connectivity index (χ3v) is 5.71. The lowest BCUT2D eigenvalue weighted by atomic mass is 9.93. The summed E-state index contributed by atoms with van der Waals surface area (Å²) >= 11 is 0. The van der Waals surface area contributed by atoms with Gasteiger partial charge in [-0.25, -0.2) is 0 Å². The van der Waals surface area contributed by atoms with Crippen molar-refractivity contribution >= 4 is 5.91 Å². The fourth-order valence-corrected chi connectivity index (χ4v) is 3.88. The number of amides is 1. The zero-order valence-electron chi connectivity index (χ0n) is 16.1. The molecule has 0 saturated carbocycles. The highest BCUT2D eigenvalue weighted by molar-refractivity contribution is 5.78. The van der Waals surface area contributed by atoms with Crippen molar-refractivity contribution in [2.24, 2.45) is 5.92 Å². The van der Waals surface area contributed by atoms with Crippen LogP contribution in [0.1, 0.15) is 24.8 Å². The Morgan fingerprint density at radius 3 is 2.46 bits per heavy atom. The number of benzene rings is 1. The van der Waals surface area contributed by atoms with Crippen LogP contribution in [0.25, 0.3) is 0 Å². The minimum Gasteiger partial charge on any atom is -0.379 e. The van der Waals surface area contributed by atoms with Crippen molar-refractivity contribution in [1.29, 1.82) is 0 Å². The van der Waals surface area contributed by atoms with Gasteiger partial charge >= 0.3 is 0 Å². The van der Waals surface area contributed by atoms with E-state index in [2.05, 4.69) is 21.9 Å². The number of likely N-dealkylation sites (tertiary alicyclic amines) is 1. The quantitative estimate of drug-likeness (QED) is 0.747. The van der Waals surface area contributed by atoms with Crippen molar-refractivity contribution in [2.45, 2.75) is 25.8 Å². The molecular formula is C21H33N3O2. The van der Waals surface area contributed by atoms with Crippen molar-refractivity contribution in [3.05, 3.63) is 35.9 Å². The molecule has 0 aromatic heterocycles. The molecule has 0 unspecified atom stereocenters. The van der Waals surface area contributed by atoms with Gasteiger partial charge in [-0.05, 0) is 50.4 Å². The van der Waals surface area contributed by atoms with Crippen LogP contribution in [0, 0.1) is 5.92 Å². The number of likely N-dealkylation sites (N-methyl/N-ethyl adjacent to an activating group) is 1. The summed E-state index contributed by atoms with van der Waals surface area (Å²) in [4.78, 5) is 19.2. The molecule has 2 saturated heterocycles. The molecule has 0 bridgehead atoms. The van der Waals surface area contributed by atoms with Gasteiger partial charge in [-0.3, -0.25) is 14.6 Å². The standard InChI is InChI=1S/C21H33N3O2/c1-22(17-20-5-3-2-4-6-20)21(25)18-24-11-8-19(9-12-24)7-10-23-13-15-26-16-14-23/h2-6,19H,7-18H2,1H3. The highest BCUT2D eigenvalue weighted by Crippen LogP contribution is 2.21. The molecule has 144 valence electrons. The van der Waals surface area contributed by atoms with Gasteiger partial charge in [0.05, 0.1) is 19.8 Å². The SMILES string of the molecule is CN(Cc1ccccc1)C(=O)CN1CCC(CCN2CCOCC2)CC1. The number of hydrogen-bond acceptors (Lipinski definition) is 4. The fourth-order valence-electron chi connectivity index (χ4n) is 3.88. The van der Waals surface area contributed by atoms with Crippen molar-refractivity contribution in [2.75, 3.05) is 59.5 Å². The fraction of sp³-hybridized carbons (Fsp3) is 0.667. The summed E-state index contributed by atoms with van der Waals surface area (Å²) in [5.74, 6) is 1.03. The third-order valence-electron chi connectivity index (χ3n) is 5.71. The van der Waals surface area contributed by atoms with Crippen molar-refractivity contribution in [3.63, 3.8) is 0 Å². The molecule has 0 aliphatic carbocycles. The maximum Gasteiger partial charge on any atom is 0.236 e. The first kappa shape index (κ1) is 19.3. The molecule has 2 heterocycles. The predicted octanol–water partition coefficient (Wildman–Crippen LogP) is 2.08. The number of rotatable bonds is 7. The normalized spacial score (nSPS) is 20.2. The van der Waals surface area contributed by atoms with Crippen LogP contribution >= 0.6 is 0 Å². The van der Waals surface area contributed by atoms with Gasteiger partial charge < -0.3 is 9.64 Å². The second kappa shape index (κ2) is 10.0. The molecule has 3 rings (SSSR count). The molecule has 5 nitrogen and oxygen atoms in total. The zero-order chi connectivity index (χ0) is 18.2. The van der Waals surface area contributed by atoms with Crippen LogP contribution in [0.3, 0.4) is 0 Å². The van der Waals surface area contributed by atoms with Crippen LogP contribution in [0.5, 0.6) is 0 Å². The van der Waals surface area contributed by atoms with E-state index in [4.69, 9.17) is 4.74 Å². The average Bonchev–Trinajstić information content (AvgIpc) is 2.69. The van der Waals surface area contributed by atoms with Crippen LogP contribution < -0.4 is 0 Å². The number of hydrogen-bond donors (Lipinski definition) is 0. The van der Waals surface area contributed by atoms with Crippen LogP contribution in [0.15, 0.2) is 30.3 Å². The summed E-state index contributed by atoms with van der Waals surface area (Å²) in [6, 6.07) is 10.2. The van der Waals surface area contributed by atoms with Gasteiger partial charge in [0, 0.05) is 26.7 Å². The first-order valence-electron chi connectivity index (χ1n) is 10.0. The van der Waals surface area contributed by atoms with E-state index >= 15 is 0 Å². The molecule has 0 atom stereocenters. The Hall–Kier alpha value is -1.43. The minimum atomic E-state index is 0.223. The van der Waals surface area contributed by atoms with Crippen molar-refractivity contribution in [1.82, 2.24) is 14.7 Å². The highest BCUT2D eigenvalue weighted by atomic mass is 16.5. The second-order valence-electron chi connectivity index (χ2n) is 7.70. The Morgan fingerprint density at radius 1 is 1.08 bits per heavy atom. The lowest BCUT2D eigenvalue weighted by Crippen LogP contribution is -2.42. The Kier molecular flexibility index (Phi) is 7.47. The number of piperidine rings is 1. The van der Waals surface area contributed by atoms with Gasteiger partial charge in [0.15, 0.2) is 0 Å². The number of ether oxygens (including phenoxy) is 1. The Bertz CT molecular complexity index is 537. The summed E-state index contributed by atoms with van der Waals surface area (Å²) in [6.45, 7) is 8.50. The maximum atomic E-state index is 12.5. The Balaban J connectivity index is 1.33. The Morgan fingerprint density at radius 2 is 1.77 bits per heavy atom. The van der Waals surface area contributed by atoms with Crippen LogP contribution in [0.2, 0.25) is 0 Å². The maximum absolute atomic E-state index is 12.5. The van der Waals surface area contributed by atoms with Crippen LogP contribution in [-0.2, 0) is 16.1 Å². The Labute approximate surface area is 157 Å². The molecule has 0 N–H and O–H groups in total. The number of carbonyl (C=O) groups is 1. The average molecular weight is 360 g/mol. The van der Waals surface area contributed by atoms with Crippen molar-refractivity contribution < 1.29 is 9.53 Å². The molecule has 2 fully saturated rings. The van der Waals surface area contributed by atoms with E-state index < -0.39 is 0 Å². The van der Waals surface area contributed by atoms with E-state index in [1.54, 1.807) is 0 Å². The molecule has 1 amide bonds. The van der Waals surface area contributed by atoms with Gasteiger partial charge in [-0.15, -0.1) is 0 Å². The third kappa shape index (κ3) is 6.08. The predicted molar refractivity (Wildman–Crippen MR) is 104 cm³/mol. The summed E-state index contributed by atoms with van der Waals surface area (Å²) in [5.41, 5.74) is 1.19. The molecule has 2 aliphatic heterocycles. The van der Waals surface area contributed by atoms with Crippen molar-refractivity contribution in [3.8, 4) is 0 Å². The molecule has 26 heavy (non-hydrogen) atoms. The molecule has 5 heteroatoms. The van der Waals surface area contributed by atoms with E-state index in [0.29, 0.717) is 13.1 Å². The van der Waals surface area contributed by atoms with Gasteiger partial charge in [-0.1, -0.05) is 30.3 Å². The number of nitrogens with zero attached hydrogens (tertiary/aromatic N) is 3. The molecule has 1 aromatic rings. The van der Waals surface area contributed by atoms with Crippen LogP contribution in [0.4, 0.5) is 0 Å². The second-order valence-corrected chi connectivity index (χ2v) is 7.70. The molecular weight excluding hydrogens is 326 g/mol.